The van der Waals surface area contributed by atoms with Gasteiger partial charge in [-0.05, 0) is 25.7 Å². The molecular weight excluding hydrogens is 767 g/mol. The molecule has 0 bridgehead atoms. The number of aliphatic hydroxyl groups excluding tert-OH is 2. The van der Waals surface area contributed by atoms with Crippen molar-refractivity contribution in [2.24, 2.45) is 0 Å². The Bertz CT molecular complexity index is 898. The van der Waals surface area contributed by atoms with Gasteiger partial charge in [-0.1, -0.05) is 284 Å². The molecule has 0 aromatic heterocycles. The van der Waals surface area contributed by atoms with E-state index in [0.29, 0.717) is 19.3 Å². The molecule has 0 saturated carbocycles. The summed E-state index contributed by atoms with van der Waals surface area (Å²) >= 11 is 0. The Labute approximate surface area is 387 Å². The summed E-state index contributed by atoms with van der Waals surface area (Å²) < 4.78 is 5.95. The maximum Gasteiger partial charge on any atom is 0.306 e. The molecule has 370 valence electrons. The zero-order valence-corrected chi connectivity index (χ0v) is 42.3. The lowest BCUT2D eigenvalue weighted by molar-refractivity contribution is -0.151. The number of aliphatic hydroxyl groups is 2. The molecule has 0 aliphatic rings. The molecule has 0 aromatic carbocycles. The van der Waals surface area contributed by atoms with E-state index < -0.39 is 18.2 Å². The highest BCUT2D eigenvalue weighted by molar-refractivity contribution is 5.77. The van der Waals surface area contributed by atoms with Crippen LogP contribution in [-0.2, 0) is 14.3 Å². The average molecular weight is 879 g/mol. The van der Waals surface area contributed by atoms with Crippen LogP contribution in [0.5, 0.6) is 0 Å². The Hall–Kier alpha value is -1.14. The van der Waals surface area contributed by atoms with E-state index in [1.165, 1.54) is 238 Å². The van der Waals surface area contributed by atoms with Crippen LogP contribution in [0.4, 0.5) is 0 Å². The van der Waals surface area contributed by atoms with E-state index in [4.69, 9.17) is 4.74 Å². The molecule has 0 aromatic rings. The van der Waals surface area contributed by atoms with Crippen molar-refractivity contribution < 1.29 is 24.5 Å². The number of carbonyl (C=O) groups excluding carboxylic acids is 2. The topological polar surface area (TPSA) is 95.9 Å². The van der Waals surface area contributed by atoms with Crippen molar-refractivity contribution in [1.29, 1.82) is 0 Å². The summed E-state index contributed by atoms with van der Waals surface area (Å²) in [4.78, 5) is 26.2. The first kappa shape index (κ1) is 60.9. The zero-order chi connectivity index (χ0) is 45.2. The molecule has 0 aliphatic carbocycles. The molecule has 0 fully saturated rings. The van der Waals surface area contributed by atoms with Gasteiger partial charge in [0.05, 0.1) is 25.2 Å². The Morgan fingerprint density at radius 3 is 0.984 bits per heavy atom. The van der Waals surface area contributed by atoms with Crippen LogP contribution in [0.15, 0.2) is 0 Å². The predicted octanol–water partition coefficient (Wildman–Crippen LogP) is 17.1. The predicted molar refractivity (Wildman–Crippen MR) is 269 cm³/mol. The second kappa shape index (κ2) is 50.9. The number of carbonyl (C=O) groups is 2. The monoisotopic (exact) mass is 878 g/mol. The SMILES string of the molecule is CCCCCCCCCCCCCCCCCCCCC(=O)OC(CCCCCCCCCCCC)CC(=O)NC(CO)C(O)CCCCCCCCCCCCCCCCC. The number of hydrogen-bond acceptors (Lipinski definition) is 5. The van der Waals surface area contributed by atoms with Gasteiger partial charge in [-0.2, -0.15) is 0 Å². The molecular formula is C56H111NO5. The van der Waals surface area contributed by atoms with Crippen LogP contribution in [0.1, 0.15) is 323 Å². The first-order valence-electron chi connectivity index (χ1n) is 28.3. The lowest BCUT2D eigenvalue weighted by Gasteiger charge is -2.24. The molecule has 0 spiro atoms. The maximum absolute atomic E-state index is 13.2. The third-order valence-electron chi connectivity index (χ3n) is 13.4. The Balaban J connectivity index is 4.37. The number of amides is 1. The zero-order valence-electron chi connectivity index (χ0n) is 42.3. The minimum Gasteiger partial charge on any atom is -0.462 e. The molecule has 0 saturated heterocycles. The highest BCUT2D eigenvalue weighted by atomic mass is 16.5. The molecule has 1 amide bonds. The third kappa shape index (κ3) is 45.4. The standard InChI is InChI=1S/C56H111NO5/c1-4-7-10-13-16-19-22-24-26-27-28-30-32-34-37-40-43-46-49-56(61)62-52(47-44-41-38-35-21-18-15-12-9-6-3)50-55(60)57-53(51-58)54(59)48-45-42-39-36-33-31-29-25-23-20-17-14-11-8-5-2/h52-54,58-59H,4-51H2,1-3H3,(H,57,60). The highest BCUT2D eigenvalue weighted by Crippen LogP contribution is 2.19. The minimum absolute atomic E-state index is 0.0878. The molecule has 0 heterocycles. The number of esters is 1. The second-order valence-corrected chi connectivity index (χ2v) is 19.7. The fourth-order valence-electron chi connectivity index (χ4n) is 9.14. The summed E-state index contributed by atoms with van der Waals surface area (Å²) in [6, 6.07) is -0.692. The van der Waals surface area contributed by atoms with Gasteiger partial charge in [0.2, 0.25) is 5.91 Å². The summed E-state index contributed by atoms with van der Waals surface area (Å²) in [6.07, 6.45) is 56.0. The largest absolute Gasteiger partial charge is 0.462 e. The lowest BCUT2D eigenvalue weighted by Crippen LogP contribution is -2.46. The molecule has 0 aliphatic heterocycles. The van der Waals surface area contributed by atoms with Gasteiger partial charge in [0.25, 0.3) is 0 Å². The van der Waals surface area contributed by atoms with Gasteiger partial charge in [-0.25, -0.2) is 0 Å². The average Bonchev–Trinajstić information content (AvgIpc) is 3.26. The Kier molecular flexibility index (Phi) is 49.9. The molecule has 6 nitrogen and oxygen atoms in total. The van der Waals surface area contributed by atoms with Crippen molar-refractivity contribution in [1.82, 2.24) is 5.32 Å². The van der Waals surface area contributed by atoms with Gasteiger partial charge in [0.15, 0.2) is 0 Å². The van der Waals surface area contributed by atoms with Crippen molar-refractivity contribution in [2.75, 3.05) is 6.61 Å². The van der Waals surface area contributed by atoms with E-state index in [1.807, 2.05) is 0 Å². The fraction of sp³-hybridized carbons (Fsp3) is 0.964. The van der Waals surface area contributed by atoms with Gasteiger partial charge in [-0.3, -0.25) is 9.59 Å². The summed E-state index contributed by atoms with van der Waals surface area (Å²) in [6.45, 7) is 6.52. The quantitative estimate of drug-likeness (QED) is 0.0418. The molecule has 6 heteroatoms. The number of unbranched alkanes of at least 4 members (excludes halogenated alkanes) is 40. The summed E-state index contributed by atoms with van der Waals surface area (Å²) in [5.41, 5.74) is 0. The van der Waals surface area contributed by atoms with Gasteiger partial charge >= 0.3 is 5.97 Å². The van der Waals surface area contributed by atoms with E-state index in [2.05, 4.69) is 26.1 Å². The number of hydrogen-bond donors (Lipinski definition) is 3. The van der Waals surface area contributed by atoms with Gasteiger partial charge in [0.1, 0.15) is 6.10 Å². The van der Waals surface area contributed by atoms with E-state index in [-0.39, 0.29) is 24.9 Å². The Morgan fingerprint density at radius 1 is 0.403 bits per heavy atom. The third-order valence-corrected chi connectivity index (χ3v) is 13.4. The van der Waals surface area contributed by atoms with Gasteiger partial charge in [0, 0.05) is 6.42 Å². The summed E-state index contributed by atoms with van der Waals surface area (Å²) in [5.74, 6) is -0.448. The molecule has 3 N–H and O–H groups in total. The molecule has 0 rings (SSSR count). The van der Waals surface area contributed by atoms with Gasteiger partial charge < -0.3 is 20.3 Å². The van der Waals surface area contributed by atoms with E-state index >= 15 is 0 Å². The van der Waals surface area contributed by atoms with Crippen molar-refractivity contribution in [3.63, 3.8) is 0 Å². The lowest BCUT2D eigenvalue weighted by atomic mass is 10.0. The highest BCUT2D eigenvalue weighted by Gasteiger charge is 2.24. The summed E-state index contributed by atoms with van der Waals surface area (Å²) in [5, 5.41) is 23.8. The minimum atomic E-state index is -0.779. The first-order chi connectivity index (χ1) is 30.5. The molecule has 3 unspecified atom stereocenters. The number of rotatable bonds is 52. The van der Waals surface area contributed by atoms with Crippen LogP contribution in [-0.4, -0.2) is 46.9 Å². The van der Waals surface area contributed by atoms with E-state index in [1.54, 1.807) is 0 Å². The van der Waals surface area contributed by atoms with Crippen LogP contribution in [0.3, 0.4) is 0 Å². The molecule has 0 radical (unpaired) electrons. The van der Waals surface area contributed by atoms with Crippen LogP contribution in [0.25, 0.3) is 0 Å². The number of nitrogens with one attached hydrogen (secondary N) is 1. The van der Waals surface area contributed by atoms with Crippen molar-refractivity contribution >= 4 is 11.9 Å². The van der Waals surface area contributed by atoms with E-state index in [9.17, 15) is 19.8 Å². The molecule has 62 heavy (non-hydrogen) atoms. The first-order valence-corrected chi connectivity index (χ1v) is 28.3. The van der Waals surface area contributed by atoms with Crippen molar-refractivity contribution in [3.8, 4) is 0 Å². The number of ether oxygens (including phenoxy) is 1. The summed E-state index contributed by atoms with van der Waals surface area (Å²) in [7, 11) is 0. The smallest absolute Gasteiger partial charge is 0.306 e. The maximum atomic E-state index is 13.2. The van der Waals surface area contributed by atoms with Crippen LogP contribution in [0, 0.1) is 0 Å². The molecule has 3 atom stereocenters. The fourth-order valence-corrected chi connectivity index (χ4v) is 9.14. The van der Waals surface area contributed by atoms with Crippen LogP contribution < -0.4 is 5.32 Å². The second-order valence-electron chi connectivity index (χ2n) is 19.7. The van der Waals surface area contributed by atoms with E-state index in [0.717, 1.165) is 38.5 Å². The van der Waals surface area contributed by atoms with Crippen molar-refractivity contribution in [3.05, 3.63) is 0 Å². The van der Waals surface area contributed by atoms with Crippen LogP contribution >= 0.6 is 0 Å². The Morgan fingerprint density at radius 2 is 0.677 bits per heavy atom. The van der Waals surface area contributed by atoms with Crippen LogP contribution in [0.2, 0.25) is 0 Å². The van der Waals surface area contributed by atoms with Gasteiger partial charge in [-0.15, -0.1) is 0 Å². The normalized spacial score (nSPS) is 13.0. The van der Waals surface area contributed by atoms with Crippen molar-refractivity contribution in [2.45, 2.75) is 341 Å².